The number of halogens is 1. The van der Waals surface area contributed by atoms with Gasteiger partial charge >= 0.3 is 0 Å². The molecule has 10 heavy (non-hydrogen) atoms. The average molecular weight is 201 g/mol. The second-order valence-corrected chi connectivity index (χ2v) is 2.88. The van der Waals surface area contributed by atoms with E-state index in [-0.39, 0.29) is 0 Å². The van der Waals surface area contributed by atoms with Gasteiger partial charge in [-0.05, 0) is 34.5 Å². The lowest BCUT2D eigenvalue weighted by Crippen LogP contribution is -1.94. The molecule has 1 aromatic rings. The van der Waals surface area contributed by atoms with Crippen molar-refractivity contribution in [1.29, 1.82) is 0 Å². The van der Waals surface area contributed by atoms with E-state index in [0.717, 1.165) is 16.6 Å². The van der Waals surface area contributed by atoms with Crippen LogP contribution in [-0.4, -0.2) is 4.98 Å². The van der Waals surface area contributed by atoms with Crippen LogP contribution in [0.25, 0.3) is 0 Å². The average Bonchev–Trinajstić information content (AvgIpc) is 1.95. The van der Waals surface area contributed by atoms with Crippen LogP contribution in [0, 0.1) is 0 Å². The number of nitrogen functional groups attached to an aromatic ring is 1. The molecule has 0 radical (unpaired) electrons. The second kappa shape index (κ2) is 3.01. The van der Waals surface area contributed by atoms with Crippen LogP contribution in [0.1, 0.15) is 12.6 Å². The first-order valence-electron chi connectivity index (χ1n) is 3.15. The van der Waals surface area contributed by atoms with E-state index >= 15 is 0 Å². The minimum Gasteiger partial charge on any atom is -0.383 e. The van der Waals surface area contributed by atoms with E-state index in [1.165, 1.54) is 0 Å². The molecule has 0 saturated heterocycles. The van der Waals surface area contributed by atoms with Crippen molar-refractivity contribution in [3.63, 3.8) is 0 Å². The van der Waals surface area contributed by atoms with Gasteiger partial charge in [-0.25, -0.2) is 4.98 Å². The molecule has 0 aliphatic carbocycles. The smallest absolute Gasteiger partial charge is 0.138 e. The van der Waals surface area contributed by atoms with Gasteiger partial charge in [-0.15, -0.1) is 0 Å². The number of aryl methyl sites for hydroxylation is 1. The molecule has 0 unspecified atom stereocenters. The zero-order valence-electron chi connectivity index (χ0n) is 5.76. The zero-order chi connectivity index (χ0) is 7.56. The van der Waals surface area contributed by atoms with E-state index in [2.05, 4.69) is 27.8 Å². The Labute approximate surface area is 68.6 Å². The normalized spacial score (nSPS) is 9.80. The summed E-state index contributed by atoms with van der Waals surface area (Å²) in [7, 11) is 0. The maximum atomic E-state index is 5.54. The Bertz CT molecular complexity index is 235. The molecule has 3 heteroatoms. The van der Waals surface area contributed by atoms with E-state index < -0.39 is 0 Å². The molecule has 0 amide bonds. The predicted molar refractivity (Wildman–Crippen MR) is 45.7 cm³/mol. The highest BCUT2D eigenvalue weighted by molar-refractivity contribution is 9.10. The van der Waals surface area contributed by atoms with Gasteiger partial charge in [0.05, 0.1) is 4.47 Å². The first-order valence-corrected chi connectivity index (χ1v) is 3.94. The molecule has 2 N–H and O–H groups in total. The number of pyridine rings is 1. The Kier molecular flexibility index (Phi) is 2.27. The Morgan fingerprint density at radius 2 is 2.30 bits per heavy atom. The van der Waals surface area contributed by atoms with Gasteiger partial charge in [0.25, 0.3) is 0 Å². The highest BCUT2D eigenvalue weighted by Gasteiger charge is 1.95. The van der Waals surface area contributed by atoms with Gasteiger partial charge in [0.2, 0.25) is 0 Å². The molecule has 54 valence electrons. The van der Waals surface area contributed by atoms with Crippen molar-refractivity contribution in [3.05, 3.63) is 22.3 Å². The third-order valence-electron chi connectivity index (χ3n) is 1.29. The van der Waals surface area contributed by atoms with Crippen LogP contribution >= 0.6 is 15.9 Å². The highest BCUT2D eigenvalue weighted by Crippen LogP contribution is 2.16. The van der Waals surface area contributed by atoms with Crippen LogP contribution in [0.5, 0.6) is 0 Å². The molecule has 1 heterocycles. The lowest BCUT2D eigenvalue weighted by atomic mass is 10.3. The molecule has 0 saturated carbocycles. The Morgan fingerprint density at radius 3 is 2.80 bits per heavy atom. The Hall–Kier alpha value is -0.570. The van der Waals surface area contributed by atoms with Crippen molar-refractivity contribution in [2.45, 2.75) is 13.3 Å². The van der Waals surface area contributed by atoms with Gasteiger partial charge in [0.1, 0.15) is 5.82 Å². The van der Waals surface area contributed by atoms with Crippen molar-refractivity contribution in [1.82, 2.24) is 4.98 Å². The molecule has 0 aromatic carbocycles. The Balaban J connectivity index is 3.04. The topological polar surface area (TPSA) is 38.9 Å². The largest absolute Gasteiger partial charge is 0.383 e. The van der Waals surface area contributed by atoms with Crippen molar-refractivity contribution < 1.29 is 0 Å². The lowest BCUT2D eigenvalue weighted by molar-refractivity contribution is 1.04. The van der Waals surface area contributed by atoms with Gasteiger partial charge in [-0.1, -0.05) is 6.92 Å². The van der Waals surface area contributed by atoms with Gasteiger partial charge in [-0.3, -0.25) is 0 Å². The van der Waals surface area contributed by atoms with Crippen LogP contribution < -0.4 is 5.73 Å². The first-order chi connectivity index (χ1) is 4.74. The lowest BCUT2D eigenvalue weighted by Gasteiger charge is -1.98. The SMILES string of the molecule is CCc1ccc(Br)c(N)n1. The summed E-state index contributed by atoms with van der Waals surface area (Å²) in [6, 6.07) is 3.88. The van der Waals surface area contributed by atoms with Gasteiger partial charge in [0.15, 0.2) is 0 Å². The number of aromatic nitrogens is 1. The monoisotopic (exact) mass is 200 g/mol. The molecule has 0 aliphatic heterocycles. The minimum atomic E-state index is 0.569. The van der Waals surface area contributed by atoms with E-state index in [1.54, 1.807) is 0 Å². The third kappa shape index (κ3) is 1.48. The summed E-state index contributed by atoms with van der Waals surface area (Å²) in [4.78, 5) is 4.12. The van der Waals surface area contributed by atoms with Gasteiger partial charge in [0, 0.05) is 5.69 Å². The standard InChI is InChI=1S/C7H9BrN2/c1-2-5-3-4-6(8)7(9)10-5/h3-4H,2H2,1H3,(H2,9,10). The summed E-state index contributed by atoms with van der Waals surface area (Å²) < 4.78 is 0.865. The van der Waals surface area contributed by atoms with Crippen molar-refractivity contribution in [3.8, 4) is 0 Å². The van der Waals surface area contributed by atoms with Crippen LogP contribution in [-0.2, 0) is 6.42 Å². The summed E-state index contributed by atoms with van der Waals surface area (Å²) in [6.45, 7) is 2.05. The van der Waals surface area contributed by atoms with E-state index in [9.17, 15) is 0 Å². The third-order valence-corrected chi connectivity index (χ3v) is 1.96. The van der Waals surface area contributed by atoms with E-state index in [1.807, 2.05) is 12.1 Å². The number of rotatable bonds is 1. The fourth-order valence-electron chi connectivity index (χ4n) is 0.697. The minimum absolute atomic E-state index is 0.569. The molecular weight excluding hydrogens is 192 g/mol. The fraction of sp³-hybridized carbons (Fsp3) is 0.286. The molecule has 0 spiro atoms. The second-order valence-electron chi connectivity index (χ2n) is 2.02. The van der Waals surface area contributed by atoms with Crippen LogP contribution in [0.15, 0.2) is 16.6 Å². The molecule has 0 aliphatic rings. The molecule has 1 aromatic heterocycles. The summed E-state index contributed by atoms with van der Waals surface area (Å²) in [5, 5.41) is 0. The summed E-state index contributed by atoms with van der Waals surface area (Å²) in [5.41, 5.74) is 6.57. The maximum absolute atomic E-state index is 5.54. The van der Waals surface area contributed by atoms with E-state index in [0.29, 0.717) is 5.82 Å². The molecule has 0 fully saturated rings. The van der Waals surface area contributed by atoms with Crippen LogP contribution in [0.3, 0.4) is 0 Å². The van der Waals surface area contributed by atoms with E-state index in [4.69, 9.17) is 5.73 Å². The molecule has 0 atom stereocenters. The summed E-state index contributed by atoms with van der Waals surface area (Å²) >= 11 is 3.27. The zero-order valence-corrected chi connectivity index (χ0v) is 7.35. The quantitative estimate of drug-likeness (QED) is 0.754. The Morgan fingerprint density at radius 1 is 1.60 bits per heavy atom. The van der Waals surface area contributed by atoms with Gasteiger partial charge in [-0.2, -0.15) is 0 Å². The van der Waals surface area contributed by atoms with Crippen molar-refractivity contribution in [2.24, 2.45) is 0 Å². The van der Waals surface area contributed by atoms with Crippen molar-refractivity contribution >= 4 is 21.7 Å². The number of hydrogen-bond acceptors (Lipinski definition) is 2. The highest BCUT2D eigenvalue weighted by atomic mass is 79.9. The van der Waals surface area contributed by atoms with Crippen LogP contribution in [0.2, 0.25) is 0 Å². The van der Waals surface area contributed by atoms with Crippen LogP contribution in [0.4, 0.5) is 5.82 Å². The molecular formula is C7H9BrN2. The number of nitrogens with two attached hydrogens (primary N) is 1. The molecule has 2 nitrogen and oxygen atoms in total. The molecule has 1 rings (SSSR count). The summed E-state index contributed by atoms with van der Waals surface area (Å²) in [5.74, 6) is 0.569. The number of nitrogens with zero attached hydrogens (tertiary/aromatic N) is 1. The molecule has 0 bridgehead atoms. The fourth-order valence-corrected chi connectivity index (χ4v) is 0.918. The number of anilines is 1. The number of hydrogen-bond donors (Lipinski definition) is 1. The maximum Gasteiger partial charge on any atom is 0.138 e. The first kappa shape index (κ1) is 7.54. The summed E-state index contributed by atoms with van der Waals surface area (Å²) in [6.07, 6.45) is 0.928. The van der Waals surface area contributed by atoms with Crippen molar-refractivity contribution in [2.75, 3.05) is 5.73 Å². The van der Waals surface area contributed by atoms with Gasteiger partial charge < -0.3 is 5.73 Å². The predicted octanol–water partition coefficient (Wildman–Crippen LogP) is 1.99.